The van der Waals surface area contributed by atoms with Crippen LogP contribution in [0.4, 0.5) is 0 Å². The lowest BCUT2D eigenvalue weighted by molar-refractivity contribution is -0.126. The summed E-state index contributed by atoms with van der Waals surface area (Å²) >= 11 is 0. The standard InChI is InChI=1S/C6H11NO.ClH/c1-6(2)3-4-7-5(6)8;/h3-4H2,1-2H3,(H,7,8);1H. The van der Waals surface area contributed by atoms with E-state index in [9.17, 15) is 4.79 Å². The van der Waals surface area contributed by atoms with Crippen LogP contribution < -0.4 is 5.32 Å². The highest BCUT2D eigenvalue weighted by Crippen LogP contribution is 2.23. The fourth-order valence-corrected chi connectivity index (χ4v) is 0.841. The average Bonchev–Trinajstić information content (AvgIpc) is 1.86. The molecule has 2 nitrogen and oxygen atoms in total. The van der Waals surface area contributed by atoms with Gasteiger partial charge in [0.1, 0.15) is 0 Å². The monoisotopic (exact) mass is 149 g/mol. The molecular weight excluding hydrogens is 138 g/mol. The highest BCUT2D eigenvalue weighted by atomic mass is 35.5. The average molecular weight is 150 g/mol. The molecular formula is C6H12ClNO. The second kappa shape index (κ2) is 2.56. The minimum atomic E-state index is -0.0972. The number of carbonyl (C=O) groups excluding carboxylic acids is 1. The van der Waals surface area contributed by atoms with Crippen molar-refractivity contribution in [3.05, 3.63) is 0 Å². The summed E-state index contributed by atoms with van der Waals surface area (Å²) in [6.07, 6.45) is 0.978. The smallest absolute Gasteiger partial charge is 0.225 e. The van der Waals surface area contributed by atoms with Gasteiger partial charge in [-0.05, 0) is 6.42 Å². The normalized spacial score (nSPS) is 22.7. The van der Waals surface area contributed by atoms with Gasteiger partial charge in [0.05, 0.1) is 0 Å². The van der Waals surface area contributed by atoms with E-state index in [-0.39, 0.29) is 23.7 Å². The Morgan fingerprint density at radius 1 is 1.56 bits per heavy atom. The quantitative estimate of drug-likeness (QED) is 0.546. The van der Waals surface area contributed by atoms with Crippen LogP contribution in [0, 0.1) is 5.41 Å². The molecule has 1 fully saturated rings. The predicted molar refractivity (Wildman–Crippen MR) is 38.7 cm³/mol. The number of halogens is 1. The summed E-state index contributed by atoms with van der Waals surface area (Å²) < 4.78 is 0. The van der Waals surface area contributed by atoms with Crippen LogP contribution in [0.15, 0.2) is 0 Å². The van der Waals surface area contributed by atoms with Crippen molar-refractivity contribution < 1.29 is 4.79 Å². The summed E-state index contributed by atoms with van der Waals surface area (Å²) in [4.78, 5) is 10.8. The van der Waals surface area contributed by atoms with Crippen LogP contribution in [-0.2, 0) is 4.79 Å². The lowest BCUT2D eigenvalue weighted by atomic mass is 9.92. The lowest BCUT2D eigenvalue weighted by Gasteiger charge is -2.10. The molecule has 1 aliphatic rings. The summed E-state index contributed by atoms with van der Waals surface area (Å²) in [5.74, 6) is 0.192. The summed E-state index contributed by atoms with van der Waals surface area (Å²) in [5, 5.41) is 2.77. The van der Waals surface area contributed by atoms with Crippen molar-refractivity contribution in [2.45, 2.75) is 20.3 Å². The number of nitrogens with one attached hydrogen (secondary N) is 1. The van der Waals surface area contributed by atoms with E-state index in [1.807, 2.05) is 13.8 Å². The molecule has 1 N–H and O–H groups in total. The third-order valence-electron chi connectivity index (χ3n) is 1.65. The molecule has 1 amide bonds. The van der Waals surface area contributed by atoms with Crippen LogP contribution in [0.25, 0.3) is 0 Å². The van der Waals surface area contributed by atoms with Crippen LogP contribution in [0.5, 0.6) is 0 Å². The van der Waals surface area contributed by atoms with Crippen LogP contribution in [0.2, 0.25) is 0 Å². The summed E-state index contributed by atoms with van der Waals surface area (Å²) in [6.45, 7) is 4.79. The molecule has 0 aromatic rings. The molecule has 0 spiro atoms. The Bertz CT molecular complexity index is 122. The minimum absolute atomic E-state index is 0. The van der Waals surface area contributed by atoms with Crippen LogP contribution in [-0.4, -0.2) is 12.5 Å². The van der Waals surface area contributed by atoms with E-state index in [1.54, 1.807) is 0 Å². The maximum atomic E-state index is 10.8. The fourth-order valence-electron chi connectivity index (χ4n) is 0.841. The zero-order chi connectivity index (χ0) is 6.20. The zero-order valence-electron chi connectivity index (χ0n) is 5.73. The van der Waals surface area contributed by atoms with Crippen molar-refractivity contribution in [1.29, 1.82) is 0 Å². The van der Waals surface area contributed by atoms with E-state index < -0.39 is 0 Å². The minimum Gasteiger partial charge on any atom is -0.356 e. The van der Waals surface area contributed by atoms with Gasteiger partial charge in [0.25, 0.3) is 0 Å². The topological polar surface area (TPSA) is 29.1 Å². The number of carbonyl (C=O) groups is 1. The van der Waals surface area contributed by atoms with Gasteiger partial charge in [0.2, 0.25) is 5.91 Å². The lowest BCUT2D eigenvalue weighted by Crippen LogP contribution is -2.24. The van der Waals surface area contributed by atoms with E-state index >= 15 is 0 Å². The van der Waals surface area contributed by atoms with Crippen molar-refractivity contribution >= 4 is 18.3 Å². The third-order valence-corrected chi connectivity index (χ3v) is 1.65. The van der Waals surface area contributed by atoms with E-state index in [4.69, 9.17) is 0 Å². The van der Waals surface area contributed by atoms with Gasteiger partial charge in [0, 0.05) is 12.0 Å². The third kappa shape index (κ3) is 1.58. The molecule has 0 aromatic carbocycles. The van der Waals surface area contributed by atoms with Gasteiger partial charge < -0.3 is 5.32 Å². The van der Waals surface area contributed by atoms with Gasteiger partial charge in [-0.15, -0.1) is 12.4 Å². The first-order valence-corrected chi connectivity index (χ1v) is 2.91. The van der Waals surface area contributed by atoms with E-state index in [0.29, 0.717) is 0 Å². The Hall–Kier alpha value is -0.240. The molecule has 1 saturated heterocycles. The second-order valence-electron chi connectivity index (χ2n) is 2.89. The molecule has 1 aliphatic heterocycles. The van der Waals surface area contributed by atoms with Crippen LogP contribution in [0.1, 0.15) is 20.3 Å². The Kier molecular flexibility index (Phi) is 2.50. The first-order valence-electron chi connectivity index (χ1n) is 2.91. The van der Waals surface area contributed by atoms with Crippen molar-refractivity contribution in [3.8, 4) is 0 Å². The van der Waals surface area contributed by atoms with Crippen molar-refractivity contribution in [2.24, 2.45) is 5.41 Å². The Morgan fingerprint density at radius 3 is 2.22 bits per heavy atom. The van der Waals surface area contributed by atoms with Crippen LogP contribution >= 0.6 is 12.4 Å². The fraction of sp³-hybridized carbons (Fsp3) is 0.833. The molecule has 54 valence electrons. The molecule has 1 heterocycles. The van der Waals surface area contributed by atoms with Crippen molar-refractivity contribution in [1.82, 2.24) is 5.32 Å². The molecule has 0 aliphatic carbocycles. The van der Waals surface area contributed by atoms with Crippen molar-refractivity contribution in [3.63, 3.8) is 0 Å². The zero-order valence-corrected chi connectivity index (χ0v) is 6.55. The van der Waals surface area contributed by atoms with Crippen LogP contribution in [0.3, 0.4) is 0 Å². The van der Waals surface area contributed by atoms with E-state index in [0.717, 1.165) is 13.0 Å². The maximum absolute atomic E-state index is 10.8. The molecule has 1 rings (SSSR count). The summed E-state index contributed by atoms with van der Waals surface area (Å²) in [5.41, 5.74) is -0.0972. The number of amides is 1. The molecule has 0 bridgehead atoms. The highest BCUT2D eigenvalue weighted by molar-refractivity contribution is 5.85. The molecule has 0 saturated carbocycles. The van der Waals surface area contributed by atoms with Gasteiger partial charge in [-0.25, -0.2) is 0 Å². The van der Waals surface area contributed by atoms with Crippen molar-refractivity contribution in [2.75, 3.05) is 6.54 Å². The number of rotatable bonds is 0. The number of hydrogen-bond acceptors (Lipinski definition) is 1. The summed E-state index contributed by atoms with van der Waals surface area (Å²) in [6, 6.07) is 0. The second-order valence-corrected chi connectivity index (χ2v) is 2.89. The predicted octanol–water partition coefficient (Wildman–Crippen LogP) is 0.954. The Labute approximate surface area is 61.4 Å². The largest absolute Gasteiger partial charge is 0.356 e. The first kappa shape index (κ1) is 8.76. The molecule has 3 heteroatoms. The van der Waals surface area contributed by atoms with E-state index in [1.165, 1.54) is 0 Å². The first-order chi connectivity index (χ1) is 3.63. The Morgan fingerprint density at radius 2 is 2.11 bits per heavy atom. The molecule has 0 atom stereocenters. The summed E-state index contributed by atoms with van der Waals surface area (Å²) in [7, 11) is 0. The van der Waals surface area contributed by atoms with E-state index in [2.05, 4.69) is 5.32 Å². The molecule has 0 radical (unpaired) electrons. The Balaban J connectivity index is 0.000000640. The van der Waals surface area contributed by atoms with Gasteiger partial charge in [0.15, 0.2) is 0 Å². The van der Waals surface area contributed by atoms with Gasteiger partial charge >= 0.3 is 0 Å². The number of hydrogen-bond donors (Lipinski definition) is 1. The SMILES string of the molecule is CC1(C)CCNC1=O.Cl. The van der Waals surface area contributed by atoms with Gasteiger partial charge in [-0.1, -0.05) is 13.8 Å². The van der Waals surface area contributed by atoms with Gasteiger partial charge in [-0.2, -0.15) is 0 Å². The van der Waals surface area contributed by atoms with Gasteiger partial charge in [-0.3, -0.25) is 4.79 Å². The molecule has 0 aromatic heterocycles. The molecule has 0 unspecified atom stereocenters. The molecule has 9 heavy (non-hydrogen) atoms. The highest BCUT2D eigenvalue weighted by Gasteiger charge is 2.31. The maximum Gasteiger partial charge on any atom is 0.225 e.